The molecule has 2 aliphatic heterocycles. The molecule has 2 saturated heterocycles. The molecule has 4 rings (SSSR count). The van der Waals surface area contributed by atoms with Crippen LogP contribution in [-0.2, 0) is 17.8 Å². The number of aromatic nitrogens is 2. The zero-order chi connectivity index (χ0) is 22.9. The smallest absolute Gasteiger partial charge is 0.410 e. The van der Waals surface area contributed by atoms with Gasteiger partial charge in [0.05, 0.1) is 11.4 Å². The summed E-state index contributed by atoms with van der Waals surface area (Å²) in [5, 5.41) is 0. The first-order valence-electron chi connectivity index (χ1n) is 11.8. The fourth-order valence-corrected chi connectivity index (χ4v) is 5.13. The first kappa shape index (κ1) is 22.7. The summed E-state index contributed by atoms with van der Waals surface area (Å²) < 4.78 is 5.73. The first-order valence-corrected chi connectivity index (χ1v) is 11.8. The highest BCUT2D eigenvalue weighted by atomic mass is 16.6. The summed E-state index contributed by atoms with van der Waals surface area (Å²) in [5.41, 5.74) is 4.19. The SMILES string of the molecule is Cc1cccnc1CN(Cc1ncccc1C)C1C[C@H]2CC[C@@H](C1)N2C(=O)OC(C)(C)C. The fraction of sp³-hybridized carbons (Fsp3) is 0.577. The van der Waals surface area contributed by atoms with Gasteiger partial charge in [0, 0.05) is 43.6 Å². The van der Waals surface area contributed by atoms with Gasteiger partial charge in [-0.15, -0.1) is 0 Å². The molecule has 2 fully saturated rings. The third-order valence-electron chi connectivity index (χ3n) is 6.77. The Bertz CT molecular complexity index is 893. The van der Waals surface area contributed by atoms with Crippen molar-refractivity contribution in [2.24, 2.45) is 0 Å². The second-order valence-corrected chi connectivity index (χ2v) is 10.3. The molecule has 0 aromatic carbocycles. The van der Waals surface area contributed by atoms with E-state index in [0.29, 0.717) is 6.04 Å². The number of nitrogens with zero attached hydrogens (tertiary/aromatic N) is 4. The van der Waals surface area contributed by atoms with Crippen LogP contribution in [-0.4, -0.2) is 49.6 Å². The summed E-state index contributed by atoms with van der Waals surface area (Å²) in [7, 11) is 0. The Kier molecular flexibility index (Phi) is 6.52. The molecule has 2 aliphatic rings. The lowest BCUT2D eigenvalue weighted by atomic mass is 9.95. The molecule has 1 amide bonds. The Labute approximate surface area is 192 Å². The quantitative estimate of drug-likeness (QED) is 0.658. The summed E-state index contributed by atoms with van der Waals surface area (Å²) >= 11 is 0. The van der Waals surface area contributed by atoms with Gasteiger partial charge in [0.2, 0.25) is 0 Å². The van der Waals surface area contributed by atoms with Crippen LogP contribution in [0.4, 0.5) is 4.79 Å². The van der Waals surface area contributed by atoms with Gasteiger partial charge in [-0.25, -0.2) is 4.79 Å². The Morgan fingerprint density at radius 3 is 1.94 bits per heavy atom. The molecule has 3 atom stereocenters. The van der Waals surface area contributed by atoms with Gasteiger partial charge in [0.1, 0.15) is 5.60 Å². The second kappa shape index (κ2) is 9.18. The Morgan fingerprint density at radius 1 is 1.00 bits per heavy atom. The van der Waals surface area contributed by atoms with Gasteiger partial charge in [-0.1, -0.05) is 12.1 Å². The van der Waals surface area contributed by atoms with Gasteiger partial charge in [-0.2, -0.15) is 0 Å². The van der Waals surface area contributed by atoms with Gasteiger partial charge >= 0.3 is 6.09 Å². The van der Waals surface area contributed by atoms with E-state index in [9.17, 15) is 4.79 Å². The maximum absolute atomic E-state index is 12.9. The topological polar surface area (TPSA) is 58.6 Å². The predicted molar refractivity (Wildman–Crippen MR) is 125 cm³/mol. The van der Waals surface area contributed by atoms with E-state index in [1.807, 2.05) is 50.2 Å². The Hall–Kier alpha value is -2.47. The van der Waals surface area contributed by atoms with E-state index >= 15 is 0 Å². The maximum atomic E-state index is 12.9. The molecule has 0 N–H and O–H groups in total. The minimum Gasteiger partial charge on any atom is -0.444 e. The monoisotopic (exact) mass is 436 g/mol. The van der Waals surface area contributed by atoms with E-state index in [1.54, 1.807) is 0 Å². The molecule has 0 radical (unpaired) electrons. The highest BCUT2D eigenvalue weighted by Gasteiger charge is 2.46. The Morgan fingerprint density at radius 2 is 1.50 bits per heavy atom. The van der Waals surface area contributed by atoms with Crippen molar-refractivity contribution in [1.82, 2.24) is 19.8 Å². The number of rotatable bonds is 5. The fourth-order valence-electron chi connectivity index (χ4n) is 5.13. The van der Waals surface area contributed by atoms with Crippen LogP contribution in [0.1, 0.15) is 69.0 Å². The lowest BCUT2D eigenvalue weighted by Crippen LogP contribution is -2.53. The van der Waals surface area contributed by atoms with Gasteiger partial charge in [0.15, 0.2) is 0 Å². The molecule has 2 bridgehead atoms. The van der Waals surface area contributed by atoms with Crippen LogP contribution in [0.5, 0.6) is 0 Å². The predicted octanol–water partition coefficient (Wildman–Crippen LogP) is 5.03. The number of amides is 1. The van der Waals surface area contributed by atoms with E-state index in [4.69, 9.17) is 4.74 Å². The third-order valence-corrected chi connectivity index (χ3v) is 6.77. The van der Waals surface area contributed by atoms with Gasteiger partial charge in [-0.05, 0) is 83.6 Å². The van der Waals surface area contributed by atoms with Crippen molar-refractivity contribution >= 4 is 6.09 Å². The highest BCUT2D eigenvalue weighted by Crippen LogP contribution is 2.39. The van der Waals surface area contributed by atoms with Crippen LogP contribution in [0.25, 0.3) is 0 Å². The van der Waals surface area contributed by atoms with Crippen molar-refractivity contribution in [3.63, 3.8) is 0 Å². The lowest BCUT2D eigenvalue weighted by molar-refractivity contribution is -0.00634. The molecule has 0 spiro atoms. The molecule has 172 valence electrons. The number of piperidine rings is 1. The molecule has 6 nitrogen and oxygen atoms in total. The van der Waals surface area contributed by atoms with Crippen LogP contribution >= 0.6 is 0 Å². The van der Waals surface area contributed by atoms with E-state index in [1.165, 1.54) is 11.1 Å². The highest BCUT2D eigenvalue weighted by molar-refractivity contribution is 5.69. The summed E-state index contributed by atoms with van der Waals surface area (Å²) in [6.45, 7) is 11.6. The largest absolute Gasteiger partial charge is 0.444 e. The number of ether oxygens (including phenoxy) is 1. The van der Waals surface area contributed by atoms with E-state index in [2.05, 4.69) is 40.8 Å². The second-order valence-electron chi connectivity index (χ2n) is 10.3. The molecule has 6 heteroatoms. The van der Waals surface area contributed by atoms with Crippen molar-refractivity contribution in [1.29, 1.82) is 0 Å². The molecule has 0 saturated carbocycles. The summed E-state index contributed by atoms with van der Waals surface area (Å²) in [6, 6.07) is 9.10. The van der Waals surface area contributed by atoms with Crippen LogP contribution < -0.4 is 0 Å². The van der Waals surface area contributed by atoms with E-state index in [0.717, 1.165) is 50.2 Å². The zero-order valence-corrected chi connectivity index (χ0v) is 20.0. The summed E-state index contributed by atoms with van der Waals surface area (Å²) in [5.74, 6) is 0. The standard InChI is InChI=1S/C26H36N4O2/c1-18-8-6-12-27-23(18)16-29(17-24-19(2)9-7-13-28-24)22-14-20-10-11-21(15-22)30(20)25(31)32-26(3,4)5/h6-9,12-13,20-22H,10-11,14-17H2,1-5H3/t20-,21+,22?. The lowest BCUT2D eigenvalue weighted by Gasteiger charge is -2.43. The zero-order valence-electron chi connectivity index (χ0n) is 20.0. The molecule has 0 aliphatic carbocycles. The number of carbonyl (C=O) groups is 1. The van der Waals surface area contributed by atoms with Crippen molar-refractivity contribution in [2.45, 2.75) is 97.1 Å². The molecule has 2 aromatic heterocycles. The number of aryl methyl sites for hydroxylation is 2. The minimum absolute atomic E-state index is 0.156. The van der Waals surface area contributed by atoms with Gasteiger partial charge in [0.25, 0.3) is 0 Å². The number of fused-ring (bicyclic) bond motifs is 2. The van der Waals surface area contributed by atoms with Crippen LogP contribution in [0.3, 0.4) is 0 Å². The Balaban J connectivity index is 1.55. The number of hydrogen-bond acceptors (Lipinski definition) is 5. The van der Waals surface area contributed by atoms with Crippen molar-refractivity contribution in [3.8, 4) is 0 Å². The first-order chi connectivity index (χ1) is 15.2. The van der Waals surface area contributed by atoms with E-state index in [-0.39, 0.29) is 18.2 Å². The average molecular weight is 437 g/mol. The van der Waals surface area contributed by atoms with Crippen LogP contribution in [0.15, 0.2) is 36.7 Å². The molecular weight excluding hydrogens is 400 g/mol. The molecule has 2 aromatic rings. The average Bonchev–Trinajstić information content (AvgIpc) is 2.99. The van der Waals surface area contributed by atoms with Crippen molar-refractivity contribution in [3.05, 3.63) is 59.2 Å². The van der Waals surface area contributed by atoms with Crippen LogP contribution in [0, 0.1) is 13.8 Å². The van der Waals surface area contributed by atoms with Crippen LogP contribution in [0.2, 0.25) is 0 Å². The van der Waals surface area contributed by atoms with E-state index < -0.39 is 5.60 Å². The van der Waals surface area contributed by atoms with Crippen molar-refractivity contribution < 1.29 is 9.53 Å². The third kappa shape index (κ3) is 5.12. The molecule has 4 heterocycles. The molecule has 1 unspecified atom stereocenters. The molecular formula is C26H36N4O2. The van der Waals surface area contributed by atoms with Gasteiger partial charge in [-0.3, -0.25) is 14.9 Å². The normalized spacial score (nSPS) is 22.9. The molecule has 32 heavy (non-hydrogen) atoms. The maximum Gasteiger partial charge on any atom is 0.410 e. The van der Waals surface area contributed by atoms with Crippen molar-refractivity contribution in [2.75, 3.05) is 0 Å². The number of carbonyl (C=O) groups excluding carboxylic acids is 1. The number of hydrogen-bond donors (Lipinski definition) is 0. The summed E-state index contributed by atoms with van der Waals surface area (Å²) in [4.78, 5) is 26.8. The van der Waals surface area contributed by atoms with Gasteiger partial charge < -0.3 is 9.64 Å². The summed E-state index contributed by atoms with van der Waals surface area (Å²) in [6.07, 6.45) is 7.64. The minimum atomic E-state index is -0.466. The number of pyridine rings is 2.